The number of esters is 1. The number of carbonyl (C=O) groups is 1. The van der Waals surface area contributed by atoms with Crippen LogP contribution >= 0.6 is 23.6 Å². The van der Waals surface area contributed by atoms with Gasteiger partial charge >= 0.3 is 5.97 Å². The lowest BCUT2D eigenvalue weighted by Crippen LogP contribution is -2.30. The van der Waals surface area contributed by atoms with Crippen molar-refractivity contribution >= 4 is 39.6 Å². The first-order valence-corrected chi connectivity index (χ1v) is 10.4. The minimum Gasteiger partial charge on any atom is -0.465 e. The van der Waals surface area contributed by atoms with E-state index in [1.54, 1.807) is 11.3 Å². The first-order valence-electron chi connectivity index (χ1n) is 9.19. The second-order valence-electron chi connectivity index (χ2n) is 7.04. The SMILES string of the molecule is CCn1cc(CN(C)C(=S)Nc2sc3c(c2C(=O)OC)CC[C@@H](C)C3)cn1. The van der Waals surface area contributed by atoms with Gasteiger partial charge < -0.3 is 15.0 Å². The Hall–Kier alpha value is -1.93. The molecule has 27 heavy (non-hydrogen) atoms. The van der Waals surface area contributed by atoms with Gasteiger partial charge in [0.2, 0.25) is 0 Å². The molecule has 0 amide bonds. The number of ether oxygens (including phenoxy) is 1. The zero-order chi connectivity index (χ0) is 19.6. The molecule has 0 aliphatic heterocycles. The lowest BCUT2D eigenvalue weighted by Gasteiger charge is -2.20. The maximum atomic E-state index is 12.4. The topological polar surface area (TPSA) is 59.4 Å². The van der Waals surface area contributed by atoms with Crippen LogP contribution in [0.5, 0.6) is 0 Å². The van der Waals surface area contributed by atoms with Gasteiger partial charge in [-0.25, -0.2) is 4.79 Å². The maximum absolute atomic E-state index is 12.4. The molecule has 3 rings (SSSR count). The summed E-state index contributed by atoms with van der Waals surface area (Å²) in [6.07, 6.45) is 6.89. The first-order chi connectivity index (χ1) is 12.9. The van der Waals surface area contributed by atoms with Crippen molar-refractivity contribution < 1.29 is 9.53 Å². The van der Waals surface area contributed by atoms with E-state index >= 15 is 0 Å². The number of rotatable bonds is 5. The quantitative estimate of drug-likeness (QED) is 0.603. The Morgan fingerprint density at radius 2 is 2.33 bits per heavy atom. The Morgan fingerprint density at radius 3 is 3.00 bits per heavy atom. The van der Waals surface area contributed by atoms with Crippen molar-refractivity contribution in [3.63, 3.8) is 0 Å². The van der Waals surface area contributed by atoms with Crippen molar-refractivity contribution in [2.45, 2.75) is 46.2 Å². The Labute approximate surface area is 169 Å². The molecule has 0 saturated heterocycles. The van der Waals surface area contributed by atoms with Gasteiger partial charge in [0, 0.05) is 36.8 Å². The zero-order valence-electron chi connectivity index (χ0n) is 16.2. The molecule has 2 aromatic rings. The number of thiocarbonyl (C=S) groups is 1. The van der Waals surface area contributed by atoms with E-state index in [0.717, 1.165) is 41.9 Å². The van der Waals surface area contributed by atoms with Gasteiger partial charge in [-0.05, 0) is 49.9 Å². The fourth-order valence-corrected chi connectivity index (χ4v) is 4.99. The second kappa shape index (κ2) is 8.39. The van der Waals surface area contributed by atoms with E-state index in [0.29, 0.717) is 23.1 Å². The summed E-state index contributed by atoms with van der Waals surface area (Å²) in [4.78, 5) is 15.6. The highest BCUT2D eigenvalue weighted by molar-refractivity contribution is 7.80. The van der Waals surface area contributed by atoms with Crippen LogP contribution in [0.3, 0.4) is 0 Å². The predicted octanol–water partition coefficient (Wildman–Crippen LogP) is 3.70. The lowest BCUT2D eigenvalue weighted by atomic mass is 9.88. The molecule has 1 atom stereocenters. The average Bonchev–Trinajstić information content (AvgIpc) is 3.24. The summed E-state index contributed by atoms with van der Waals surface area (Å²) in [5, 5.41) is 8.96. The molecule has 8 heteroatoms. The van der Waals surface area contributed by atoms with Crippen LogP contribution < -0.4 is 5.32 Å². The molecule has 0 fully saturated rings. The van der Waals surface area contributed by atoms with Gasteiger partial charge in [0.05, 0.1) is 18.9 Å². The highest BCUT2D eigenvalue weighted by Crippen LogP contribution is 2.40. The Balaban J connectivity index is 1.77. The summed E-state index contributed by atoms with van der Waals surface area (Å²) in [5.74, 6) is 0.346. The number of carbonyl (C=O) groups excluding carboxylic acids is 1. The summed E-state index contributed by atoms with van der Waals surface area (Å²) in [6, 6.07) is 0. The first kappa shape index (κ1) is 19.8. The Morgan fingerprint density at radius 1 is 1.56 bits per heavy atom. The van der Waals surface area contributed by atoms with Crippen LogP contribution in [-0.4, -0.2) is 39.9 Å². The van der Waals surface area contributed by atoms with E-state index in [4.69, 9.17) is 17.0 Å². The van der Waals surface area contributed by atoms with Crippen LogP contribution in [-0.2, 0) is 30.7 Å². The third-order valence-corrected chi connectivity index (χ3v) is 6.48. The van der Waals surface area contributed by atoms with Crippen LogP contribution in [0.15, 0.2) is 12.4 Å². The van der Waals surface area contributed by atoms with Gasteiger partial charge in [-0.15, -0.1) is 11.3 Å². The maximum Gasteiger partial charge on any atom is 0.341 e. The normalized spacial score (nSPS) is 15.9. The number of hydrogen-bond donors (Lipinski definition) is 1. The average molecular weight is 407 g/mol. The number of hydrogen-bond acceptors (Lipinski definition) is 5. The Kier molecular flexibility index (Phi) is 6.16. The number of fused-ring (bicyclic) bond motifs is 1. The third-order valence-electron chi connectivity index (χ3n) is 4.90. The molecule has 0 saturated carbocycles. The van der Waals surface area contributed by atoms with Crippen molar-refractivity contribution in [1.29, 1.82) is 0 Å². The van der Waals surface area contributed by atoms with Crippen LogP contribution in [0.2, 0.25) is 0 Å². The van der Waals surface area contributed by atoms with Gasteiger partial charge in [-0.2, -0.15) is 5.10 Å². The minimum atomic E-state index is -0.292. The molecule has 146 valence electrons. The van der Waals surface area contributed by atoms with Crippen LogP contribution in [0.1, 0.15) is 46.6 Å². The molecular weight excluding hydrogens is 380 g/mol. The smallest absolute Gasteiger partial charge is 0.341 e. The van der Waals surface area contributed by atoms with Gasteiger partial charge in [0.1, 0.15) is 5.00 Å². The van der Waals surface area contributed by atoms with Crippen molar-refractivity contribution in [3.05, 3.63) is 34.0 Å². The number of nitrogens with zero attached hydrogens (tertiary/aromatic N) is 3. The van der Waals surface area contributed by atoms with Crippen LogP contribution in [0.4, 0.5) is 5.00 Å². The highest BCUT2D eigenvalue weighted by Gasteiger charge is 2.28. The molecule has 0 bridgehead atoms. The van der Waals surface area contributed by atoms with E-state index in [1.807, 2.05) is 29.0 Å². The molecule has 1 aliphatic carbocycles. The summed E-state index contributed by atoms with van der Waals surface area (Å²) in [5.41, 5.74) is 2.87. The van der Waals surface area contributed by atoms with E-state index in [-0.39, 0.29) is 5.97 Å². The number of aryl methyl sites for hydroxylation is 1. The van der Waals surface area contributed by atoms with Crippen molar-refractivity contribution in [1.82, 2.24) is 14.7 Å². The molecule has 1 N–H and O–H groups in total. The number of thiophene rings is 1. The van der Waals surface area contributed by atoms with E-state index in [2.05, 4.69) is 24.3 Å². The zero-order valence-corrected chi connectivity index (χ0v) is 17.9. The number of methoxy groups -OCH3 is 1. The predicted molar refractivity (Wildman–Crippen MR) is 112 cm³/mol. The summed E-state index contributed by atoms with van der Waals surface area (Å²) in [6.45, 7) is 5.80. The second-order valence-corrected chi connectivity index (χ2v) is 8.53. The monoisotopic (exact) mass is 406 g/mol. The van der Waals surface area contributed by atoms with Crippen molar-refractivity contribution in [2.75, 3.05) is 19.5 Å². The number of aromatic nitrogens is 2. The molecule has 0 radical (unpaired) electrons. The molecule has 1 aliphatic rings. The molecule has 0 spiro atoms. The standard InChI is InChI=1S/C19H26N4O2S2/c1-5-23-11-13(9-20-23)10-22(3)19(26)21-17-16(18(24)25-4)14-7-6-12(2)8-15(14)27-17/h9,11-12H,5-8,10H2,1-4H3,(H,21,26)/t12-/m1/s1. The third kappa shape index (κ3) is 4.32. The summed E-state index contributed by atoms with van der Waals surface area (Å²) in [7, 11) is 3.36. The highest BCUT2D eigenvalue weighted by atomic mass is 32.1. The van der Waals surface area contributed by atoms with E-state index in [1.165, 1.54) is 12.0 Å². The van der Waals surface area contributed by atoms with Gasteiger partial charge in [0.15, 0.2) is 5.11 Å². The fraction of sp³-hybridized carbons (Fsp3) is 0.526. The van der Waals surface area contributed by atoms with Gasteiger partial charge in [-0.1, -0.05) is 6.92 Å². The Bertz CT molecular complexity index is 843. The number of nitrogens with one attached hydrogen (secondary N) is 1. The van der Waals surface area contributed by atoms with E-state index < -0.39 is 0 Å². The van der Waals surface area contributed by atoms with Crippen LogP contribution in [0.25, 0.3) is 0 Å². The molecule has 0 unspecified atom stereocenters. The fourth-order valence-electron chi connectivity index (χ4n) is 3.36. The summed E-state index contributed by atoms with van der Waals surface area (Å²) >= 11 is 7.21. The van der Waals surface area contributed by atoms with Gasteiger partial charge in [0.25, 0.3) is 0 Å². The number of anilines is 1. The van der Waals surface area contributed by atoms with Crippen molar-refractivity contribution in [2.24, 2.45) is 5.92 Å². The molecule has 0 aromatic carbocycles. The van der Waals surface area contributed by atoms with E-state index in [9.17, 15) is 4.79 Å². The van der Waals surface area contributed by atoms with Crippen LogP contribution in [0, 0.1) is 5.92 Å². The molecule has 2 heterocycles. The van der Waals surface area contributed by atoms with Gasteiger partial charge in [-0.3, -0.25) is 4.68 Å². The molecular formula is C19H26N4O2S2. The molecule has 6 nitrogen and oxygen atoms in total. The minimum absolute atomic E-state index is 0.292. The van der Waals surface area contributed by atoms with Crippen molar-refractivity contribution in [3.8, 4) is 0 Å². The molecule has 2 aromatic heterocycles. The largest absolute Gasteiger partial charge is 0.465 e. The summed E-state index contributed by atoms with van der Waals surface area (Å²) < 4.78 is 6.93. The lowest BCUT2D eigenvalue weighted by molar-refractivity contribution is 0.0601.